The van der Waals surface area contributed by atoms with E-state index in [1.807, 2.05) is 6.92 Å². The fourth-order valence-electron chi connectivity index (χ4n) is 4.35. The average molecular weight is 551 g/mol. The Hall–Kier alpha value is -4.45. The Balaban J connectivity index is 1.57. The molecular formula is C27H26N4O7S. The zero-order chi connectivity index (χ0) is 28.1. The molecular weight excluding hydrogens is 524 g/mol. The van der Waals surface area contributed by atoms with Gasteiger partial charge in [0.2, 0.25) is 0 Å². The van der Waals surface area contributed by atoms with Gasteiger partial charge in [0, 0.05) is 23.6 Å². The summed E-state index contributed by atoms with van der Waals surface area (Å²) in [5.41, 5.74) is 1.59. The van der Waals surface area contributed by atoms with Crippen LogP contribution in [-0.2, 0) is 21.4 Å². The van der Waals surface area contributed by atoms with E-state index in [1.165, 1.54) is 36.7 Å². The number of pyridine rings is 1. The van der Waals surface area contributed by atoms with Gasteiger partial charge in [0.25, 0.3) is 0 Å². The first-order chi connectivity index (χ1) is 18.3. The van der Waals surface area contributed by atoms with Crippen LogP contribution in [0.1, 0.15) is 42.3 Å². The number of amides is 1. The van der Waals surface area contributed by atoms with Crippen molar-refractivity contribution < 1.29 is 31.7 Å². The fraction of sp³-hybridized carbons (Fsp3) is 0.259. The van der Waals surface area contributed by atoms with Gasteiger partial charge in [-0.25, -0.2) is 4.79 Å². The number of carbonyl (C=O) groups excluding carboxylic acids is 2. The topological polar surface area (TPSA) is 144 Å². The van der Waals surface area contributed by atoms with Crippen LogP contribution >= 0.6 is 0 Å². The molecule has 1 amide bonds. The van der Waals surface area contributed by atoms with Crippen molar-refractivity contribution in [3.05, 3.63) is 76.8 Å². The molecule has 11 nitrogen and oxygen atoms in total. The summed E-state index contributed by atoms with van der Waals surface area (Å²) in [6.45, 7) is 7.48. The number of nitrogens with one attached hydrogen (secondary N) is 1. The minimum atomic E-state index is -4.25. The van der Waals surface area contributed by atoms with Crippen LogP contribution in [0.3, 0.4) is 0 Å². The monoisotopic (exact) mass is 550 g/mol. The number of benzene rings is 2. The molecule has 202 valence electrons. The first-order valence-corrected chi connectivity index (χ1v) is 13.5. The van der Waals surface area contributed by atoms with Crippen LogP contribution in [0.4, 0.5) is 4.79 Å². The Morgan fingerprint density at radius 1 is 1.10 bits per heavy atom. The average Bonchev–Trinajstić information content (AvgIpc) is 3.21. The van der Waals surface area contributed by atoms with Crippen molar-refractivity contribution in [3.8, 4) is 17.0 Å². The van der Waals surface area contributed by atoms with Gasteiger partial charge >= 0.3 is 16.2 Å². The minimum absolute atomic E-state index is 0.0284. The summed E-state index contributed by atoms with van der Waals surface area (Å²) in [5, 5.41) is 19.7. The summed E-state index contributed by atoms with van der Waals surface area (Å²) in [6.07, 6.45) is 1.85. The van der Waals surface area contributed by atoms with E-state index in [0.717, 1.165) is 5.56 Å². The van der Waals surface area contributed by atoms with Gasteiger partial charge in [-0.3, -0.25) is 9.48 Å². The summed E-state index contributed by atoms with van der Waals surface area (Å²) < 4.78 is 39.1. The quantitative estimate of drug-likeness (QED) is 0.192. The highest BCUT2D eigenvalue weighted by atomic mass is 32.2. The molecule has 2 aromatic heterocycles. The van der Waals surface area contributed by atoms with Crippen LogP contribution in [0.25, 0.3) is 22.2 Å². The highest BCUT2D eigenvalue weighted by Crippen LogP contribution is 2.42. The molecule has 0 unspecified atom stereocenters. The molecule has 4 aromatic rings. The second-order valence-electron chi connectivity index (χ2n) is 10.1. The van der Waals surface area contributed by atoms with E-state index >= 15 is 0 Å². The van der Waals surface area contributed by atoms with Crippen LogP contribution in [0, 0.1) is 12.1 Å². The maximum atomic E-state index is 13.6. The van der Waals surface area contributed by atoms with Crippen molar-refractivity contribution in [1.82, 2.24) is 15.1 Å². The number of alkyl carbamates (subject to hydrolysis) is 1. The molecule has 1 aliphatic carbocycles. The number of aromatic nitrogens is 3. The maximum Gasteiger partial charge on any atom is 0.407 e. The molecule has 2 aromatic carbocycles. The molecule has 0 atom stereocenters. The van der Waals surface area contributed by atoms with Crippen LogP contribution < -0.4 is 14.2 Å². The molecule has 0 bridgehead atoms. The van der Waals surface area contributed by atoms with Crippen molar-refractivity contribution in [2.75, 3.05) is 6.54 Å². The number of hydrogen-bond acceptors (Lipinski definition) is 8. The van der Waals surface area contributed by atoms with E-state index in [4.69, 9.17) is 8.92 Å². The summed E-state index contributed by atoms with van der Waals surface area (Å²) in [4.78, 5) is 25.7. The number of hydrogen-bond donors (Lipinski definition) is 1. The van der Waals surface area contributed by atoms with Crippen molar-refractivity contribution in [2.24, 2.45) is 0 Å². The van der Waals surface area contributed by atoms with Gasteiger partial charge in [-0.2, -0.15) is 18.2 Å². The number of nitrogens with zero attached hydrogens (tertiary/aromatic N) is 3. The number of carbonyl (C=O) groups is 2. The van der Waals surface area contributed by atoms with Crippen molar-refractivity contribution in [1.29, 1.82) is 0 Å². The van der Waals surface area contributed by atoms with Crippen LogP contribution in [-0.4, -0.2) is 42.2 Å². The highest BCUT2D eigenvalue weighted by molar-refractivity contribution is 7.87. The maximum absolute atomic E-state index is 13.6. The largest absolute Gasteiger partial charge is 0.619 e. The van der Waals surface area contributed by atoms with Gasteiger partial charge in [-0.05, 0) is 52.0 Å². The standard InChI is InChI=1S/C27H26N4O7S/c1-16-5-7-17(8-6-16)39(35,36)38-21-10-9-20-22-23(21)25(32)18-11-13-30(34)15-19(18)24(22)29-31(20)14-12-28-26(33)37-27(2,3)4/h5-11,13,15H,12,14H2,1-4H3,(H,28,33). The number of ether oxygens (including phenoxy) is 1. The lowest BCUT2D eigenvalue weighted by atomic mass is 9.88. The lowest BCUT2D eigenvalue weighted by molar-refractivity contribution is -0.604. The minimum Gasteiger partial charge on any atom is -0.619 e. The second-order valence-corrected chi connectivity index (χ2v) is 11.7. The molecule has 1 aliphatic rings. The van der Waals surface area contributed by atoms with E-state index < -0.39 is 27.6 Å². The van der Waals surface area contributed by atoms with E-state index in [2.05, 4.69) is 10.4 Å². The molecule has 1 N–H and O–H groups in total. The number of aryl methyl sites for hydroxylation is 1. The third-order valence-corrected chi connectivity index (χ3v) is 7.29. The van der Waals surface area contributed by atoms with E-state index in [1.54, 1.807) is 43.7 Å². The highest BCUT2D eigenvalue weighted by Gasteiger charge is 2.35. The van der Waals surface area contributed by atoms with Gasteiger partial charge in [-0.15, -0.1) is 0 Å². The van der Waals surface area contributed by atoms with E-state index in [9.17, 15) is 23.2 Å². The predicted octanol–water partition coefficient (Wildman–Crippen LogP) is 3.48. The summed E-state index contributed by atoms with van der Waals surface area (Å²) in [5.74, 6) is -0.644. The molecule has 0 saturated heterocycles. The fourth-order valence-corrected chi connectivity index (χ4v) is 5.29. The van der Waals surface area contributed by atoms with Crippen molar-refractivity contribution >= 4 is 32.9 Å². The van der Waals surface area contributed by atoms with Crippen molar-refractivity contribution in [3.63, 3.8) is 0 Å². The zero-order valence-electron chi connectivity index (χ0n) is 21.7. The number of fused-ring (bicyclic) bond motifs is 2. The molecule has 0 spiro atoms. The lowest BCUT2D eigenvalue weighted by Gasteiger charge is -2.19. The number of rotatable bonds is 6. The molecule has 39 heavy (non-hydrogen) atoms. The SMILES string of the molecule is Cc1ccc(S(=O)(=O)Oc2ccc3c4c(nn3CCNC(=O)OC(C)(C)C)-c3c[n+]([O-])ccc3C(=O)c24)cc1. The molecule has 0 fully saturated rings. The molecule has 5 rings (SSSR count). The van der Waals surface area contributed by atoms with E-state index in [-0.39, 0.29) is 34.9 Å². The first kappa shape index (κ1) is 26.2. The van der Waals surface area contributed by atoms with Gasteiger partial charge in [0.1, 0.15) is 16.2 Å². The Morgan fingerprint density at radius 2 is 1.82 bits per heavy atom. The summed E-state index contributed by atoms with van der Waals surface area (Å²) >= 11 is 0. The molecule has 12 heteroatoms. The number of ketones is 1. The van der Waals surface area contributed by atoms with Crippen LogP contribution in [0.2, 0.25) is 0 Å². The van der Waals surface area contributed by atoms with Gasteiger partial charge < -0.3 is 19.4 Å². The normalized spacial score (nSPS) is 12.8. The lowest BCUT2D eigenvalue weighted by Crippen LogP contribution is -2.34. The predicted molar refractivity (Wildman–Crippen MR) is 141 cm³/mol. The van der Waals surface area contributed by atoms with Crippen LogP contribution in [0.5, 0.6) is 5.75 Å². The van der Waals surface area contributed by atoms with E-state index in [0.29, 0.717) is 26.9 Å². The zero-order valence-corrected chi connectivity index (χ0v) is 22.5. The third-order valence-electron chi connectivity index (χ3n) is 6.04. The van der Waals surface area contributed by atoms with Gasteiger partial charge in [0.15, 0.2) is 23.9 Å². The Kier molecular flexibility index (Phi) is 6.30. The summed E-state index contributed by atoms with van der Waals surface area (Å²) in [6, 6.07) is 10.5. The first-order valence-electron chi connectivity index (χ1n) is 12.1. The molecule has 0 radical (unpaired) electrons. The Bertz CT molecular complexity index is 1740. The second kappa shape index (κ2) is 9.38. The smallest absolute Gasteiger partial charge is 0.407 e. The van der Waals surface area contributed by atoms with Gasteiger partial charge in [-0.1, -0.05) is 17.7 Å². The summed E-state index contributed by atoms with van der Waals surface area (Å²) in [7, 11) is -4.25. The Labute approximate surface area is 224 Å². The molecule has 2 heterocycles. The Morgan fingerprint density at radius 3 is 2.51 bits per heavy atom. The van der Waals surface area contributed by atoms with Crippen molar-refractivity contribution in [2.45, 2.75) is 44.7 Å². The molecule has 0 aliphatic heterocycles. The van der Waals surface area contributed by atoms with Gasteiger partial charge in [0.05, 0.1) is 23.2 Å². The molecule has 0 saturated carbocycles. The van der Waals surface area contributed by atoms with Crippen LogP contribution in [0.15, 0.2) is 59.8 Å². The third kappa shape index (κ3) is 5.02.